The summed E-state index contributed by atoms with van der Waals surface area (Å²) in [6, 6.07) is 0.512. The van der Waals surface area contributed by atoms with Crippen LogP contribution in [-0.4, -0.2) is 43.5 Å². The molecule has 108 valence electrons. The smallest absolute Gasteiger partial charge is 0.188 e. The van der Waals surface area contributed by atoms with Crippen LogP contribution in [-0.2, 0) is 4.74 Å². The van der Waals surface area contributed by atoms with E-state index in [9.17, 15) is 0 Å². The van der Waals surface area contributed by atoms with Gasteiger partial charge in [-0.15, -0.1) is 24.0 Å². The first-order valence-electron chi connectivity index (χ1n) is 6.58. The number of nitrogens with one attached hydrogen (secondary N) is 1. The molecule has 0 aromatic carbocycles. The summed E-state index contributed by atoms with van der Waals surface area (Å²) in [5.74, 6) is 0.555. The number of hydrogen-bond acceptors (Lipinski definition) is 3. The maximum Gasteiger partial charge on any atom is 0.188 e. The minimum Gasteiger partial charge on any atom is -0.394 e. The fourth-order valence-corrected chi connectivity index (χ4v) is 2.03. The molecule has 1 rings (SSSR count). The first kappa shape index (κ1) is 17.9. The van der Waals surface area contributed by atoms with Crippen molar-refractivity contribution in [1.82, 2.24) is 5.32 Å². The van der Waals surface area contributed by atoms with Crippen LogP contribution in [0.2, 0.25) is 0 Å². The zero-order valence-corrected chi connectivity index (χ0v) is 13.3. The van der Waals surface area contributed by atoms with Gasteiger partial charge in [-0.1, -0.05) is 19.3 Å². The average Bonchev–Trinajstić information content (AvgIpc) is 2.35. The molecule has 1 saturated carbocycles. The lowest BCUT2D eigenvalue weighted by Crippen LogP contribution is -2.41. The van der Waals surface area contributed by atoms with E-state index in [0.717, 1.165) is 6.42 Å². The minimum absolute atomic E-state index is 0. The molecule has 0 amide bonds. The average molecular weight is 371 g/mol. The summed E-state index contributed by atoms with van der Waals surface area (Å²) in [5, 5.41) is 11.8. The quantitative estimate of drug-likeness (QED) is 0.272. The number of guanidine groups is 1. The van der Waals surface area contributed by atoms with Gasteiger partial charge >= 0.3 is 0 Å². The molecule has 0 aromatic heterocycles. The second-order valence-corrected chi connectivity index (χ2v) is 4.44. The molecule has 1 aliphatic carbocycles. The zero-order chi connectivity index (χ0) is 12.3. The standard InChI is InChI=1S/C12H25N3O2.HI/c13-12(14-7-4-9-17-10-8-16)15-11-5-2-1-3-6-11;/h11,16H,1-10H2,(H3,13,14,15);1H. The summed E-state index contributed by atoms with van der Waals surface area (Å²) in [6.45, 7) is 1.78. The van der Waals surface area contributed by atoms with Crippen LogP contribution in [0.1, 0.15) is 38.5 Å². The summed E-state index contributed by atoms with van der Waals surface area (Å²) < 4.78 is 5.13. The van der Waals surface area contributed by atoms with E-state index in [1.54, 1.807) is 0 Å². The monoisotopic (exact) mass is 371 g/mol. The highest BCUT2D eigenvalue weighted by Gasteiger charge is 2.12. The van der Waals surface area contributed by atoms with E-state index in [1.165, 1.54) is 32.1 Å². The molecule has 0 saturated heterocycles. The lowest BCUT2D eigenvalue weighted by atomic mass is 9.96. The van der Waals surface area contributed by atoms with E-state index < -0.39 is 0 Å². The van der Waals surface area contributed by atoms with Gasteiger partial charge in [0.05, 0.1) is 13.2 Å². The molecule has 4 N–H and O–H groups in total. The third-order valence-electron chi connectivity index (χ3n) is 2.92. The Hall–Kier alpha value is -0.0800. The highest BCUT2D eigenvalue weighted by Crippen LogP contribution is 2.16. The Morgan fingerprint density at radius 1 is 1.28 bits per heavy atom. The molecule has 18 heavy (non-hydrogen) atoms. The SMILES string of the molecule is I.NC(=NCCCOCCO)NC1CCCCC1. The molecule has 1 fully saturated rings. The Kier molecular flexibility index (Phi) is 11.9. The minimum atomic E-state index is 0. The maximum atomic E-state index is 8.51. The number of hydrogen-bond donors (Lipinski definition) is 3. The van der Waals surface area contributed by atoms with Crippen molar-refractivity contribution in [2.45, 2.75) is 44.6 Å². The summed E-state index contributed by atoms with van der Waals surface area (Å²) >= 11 is 0. The van der Waals surface area contributed by atoms with Crippen LogP contribution in [0.5, 0.6) is 0 Å². The number of aliphatic hydroxyl groups excluding tert-OH is 1. The Morgan fingerprint density at radius 3 is 2.67 bits per heavy atom. The van der Waals surface area contributed by atoms with Crippen molar-refractivity contribution in [3.63, 3.8) is 0 Å². The van der Waals surface area contributed by atoms with Gasteiger partial charge in [-0.05, 0) is 19.3 Å². The van der Waals surface area contributed by atoms with Crippen molar-refractivity contribution in [3.8, 4) is 0 Å². The lowest BCUT2D eigenvalue weighted by molar-refractivity contribution is 0.0918. The van der Waals surface area contributed by atoms with Gasteiger partial charge in [0.25, 0.3) is 0 Å². The number of aliphatic hydroxyl groups is 1. The molecule has 0 atom stereocenters. The maximum absolute atomic E-state index is 8.51. The van der Waals surface area contributed by atoms with Crippen LogP contribution in [0.25, 0.3) is 0 Å². The van der Waals surface area contributed by atoms with Gasteiger partial charge < -0.3 is 20.9 Å². The van der Waals surface area contributed by atoms with Gasteiger partial charge in [0.15, 0.2) is 5.96 Å². The molecule has 1 aliphatic rings. The van der Waals surface area contributed by atoms with Crippen LogP contribution >= 0.6 is 24.0 Å². The highest BCUT2D eigenvalue weighted by atomic mass is 127. The first-order chi connectivity index (χ1) is 8.33. The van der Waals surface area contributed by atoms with Crippen LogP contribution in [0.3, 0.4) is 0 Å². The Balaban J connectivity index is 0.00000289. The molecule has 0 aromatic rings. The molecule has 6 heteroatoms. The molecular weight excluding hydrogens is 345 g/mol. The van der Waals surface area contributed by atoms with Gasteiger partial charge in [0.2, 0.25) is 0 Å². The predicted octanol–water partition coefficient (Wildman–Crippen LogP) is 1.24. The lowest BCUT2D eigenvalue weighted by Gasteiger charge is -2.23. The largest absolute Gasteiger partial charge is 0.394 e. The number of rotatable bonds is 7. The second kappa shape index (κ2) is 12.0. The van der Waals surface area contributed by atoms with Gasteiger partial charge in [0, 0.05) is 19.2 Å². The number of halogens is 1. The normalized spacial score (nSPS) is 17.3. The van der Waals surface area contributed by atoms with Crippen molar-refractivity contribution in [1.29, 1.82) is 0 Å². The number of nitrogens with two attached hydrogens (primary N) is 1. The topological polar surface area (TPSA) is 79.9 Å². The van der Waals surface area contributed by atoms with E-state index in [2.05, 4.69) is 10.3 Å². The second-order valence-electron chi connectivity index (χ2n) is 4.44. The van der Waals surface area contributed by atoms with E-state index in [1.807, 2.05) is 0 Å². The predicted molar refractivity (Wildman–Crippen MR) is 84.4 cm³/mol. The molecular formula is C12H26IN3O2. The third-order valence-corrected chi connectivity index (χ3v) is 2.92. The van der Waals surface area contributed by atoms with Crippen molar-refractivity contribution in [2.75, 3.05) is 26.4 Å². The molecule has 5 nitrogen and oxygen atoms in total. The summed E-state index contributed by atoms with van der Waals surface area (Å²) in [6.07, 6.45) is 7.18. The van der Waals surface area contributed by atoms with Crippen molar-refractivity contribution in [2.24, 2.45) is 10.7 Å². The van der Waals surface area contributed by atoms with Gasteiger partial charge in [-0.3, -0.25) is 4.99 Å². The molecule has 0 heterocycles. The van der Waals surface area contributed by atoms with Crippen LogP contribution in [0, 0.1) is 0 Å². The summed E-state index contributed by atoms with van der Waals surface area (Å²) in [4.78, 5) is 4.26. The van der Waals surface area contributed by atoms with Crippen molar-refractivity contribution >= 4 is 29.9 Å². The number of aliphatic imine (C=N–C) groups is 1. The van der Waals surface area contributed by atoms with E-state index in [-0.39, 0.29) is 30.6 Å². The van der Waals surface area contributed by atoms with Crippen molar-refractivity contribution in [3.05, 3.63) is 0 Å². The van der Waals surface area contributed by atoms with E-state index in [4.69, 9.17) is 15.6 Å². The number of nitrogens with zero attached hydrogens (tertiary/aromatic N) is 1. The summed E-state index contributed by atoms with van der Waals surface area (Å²) in [7, 11) is 0. The Morgan fingerprint density at radius 2 is 2.00 bits per heavy atom. The molecule has 0 unspecified atom stereocenters. The molecule has 0 bridgehead atoms. The van der Waals surface area contributed by atoms with Crippen LogP contribution < -0.4 is 11.1 Å². The molecule has 0 radical (unpaired) electrons. The van der Waals surface area contributed by atoms with Crippen molar-refractivity contribution < 1.29 is 9.84 Å². The fourth-order valence-electron chi connectivity index (χ4n) is 2.03. The van der Waals surface area contributed by atoms with Gasteiger partial charge in [-0.25, -0.2) is 0 Å². The zero-order valence-electron chi connectivity index (χ0n) is 10.9. The van der Waals surface area contributed by atoms with Crippen LogP contribution in [0.15, 0.2) is 4.99 Å². The molecule has 0 spiro atoms. The number of ether oxygens (including phenoxy) is 1. The summed E-state index contributed by atoms with van der Waals surface area (Å²) in [5.41, 5.74) is 5.80. The Bertz CT molecular complexity index is 221. The fraction of sp³-hybridized carbons (Fsp3) is 0.917. The van der Waals surface area contributed by atoms with E-state index in [0.29, 0.717) is 31.8 Å². The Labute approximate surface area is 127 Å². The van der Waals surface area contributed by atoms with Gasteiger partial charge in [-0.2, -0.15) is 0 Å². The van der Waals surface area contributed by atoms with Gasteiger partial charge in [0.1, 0.15) is 0 Å². The van der Waals surface area contributed by atoms with Crippen LogP contribution in [0.4, 0.5) is 0 Å². The van der Waals surface area contributed by atoms with E-state index >= 15 is 0 Å². The molecule has 0 aliphatic heterocycles. The third kappa shape index (κ3) is 8.93. The highest BCUT2D eigenvalue weighted by molar-refractivity contribution is 14.0. The first-order valence-corrected chi connectivity index (χ1v) is 6.58.